The fourth-order valence-corrected chi connectivity index (χ4v) is 5.66. The van der Waals surface area contributed by atoms with Gasteiger partial charge in [0.25, 0.3) is 0 Å². The SMILES string of the molecule is C=CC[N+]1=C(C)C([C@@H](C)[C@H](CCC)C2C[C@@H](C)C[C@@H](C(=C)C)C2)=C1C. The van der Waals surface area contributed by atoms with E-state index in [1.54, 1.807) is 5.57 Å². The second-order valence-electron chi connectivity index (χ2n) is 8.84. The minimum atomic E-state index is 0.669. The molecule has 0 bridgehead atoms. The van der Waals surface area contributed by atoms with Gasteiger partial charge in [0.05, 0.1) is 5.57 Å². The lowest BCUT2D eigenvalue weighted by Crippen LogP contribution is -2.39. The summed E-state index contributed by atoms with van der Waals surface area (Å²) in [7, 11) is 0. The first-order valence-corrected chi connectivity index (χ1v) is 10.4. The standard InChI is InChI=1S/C24H40N/c1-9-11-23(22-14-17(5)13-21(15-22)16(3)4)18(6)24-19(7)25(12-10-2)20(24)8/h10,17-18,21-23H,2-3,9,11-15H2,1,4-8H3/q+1/t17-,18-,21+,22?,23-/m0/s1. The quantitative estimate of drug-likeness (QED) is 0.345. The van der Waals surface area contributed by atoms with Gasteiger partial charge < -0.3 is 0 Å². The highest BCUT2D eigenvalue weighted by Crippen LogP contribution is 2.46. The molecule has 0 aromatic carbocycles. The largest absolute Gasteiger partial charge is 0.196 e. The second kappa shape index (κ2) is 8.52. The first-order valence-electron chi connectivity index (χ1n) is 10.4. The van der Waals surface area contributed by atoms with Crippen LogP contribution in [0.5, 0.6) is 0 Å². The number of hydrogen-bond donors (Lipinski definition) is 0. The summed E-state index contributed by atoms with van der Waals surface area (Å²) in [6.45, 7) is 23.3. The van der Waals surface area contributed by atoms with Gasteiger partial charge >= 0.3 is 0 Å². The molecule has 1 heterocycles. The van der Waals surface area contributed by atoms with Gasteiger partial charge in [-0.1, -0.05) is 45.9 Å². The fraction of sp³-hybridized carbons (Fsp3) is 0.708. The van der Waals surface area contributed by atoms with Crippen LogP contribution in [-0.2, 0) is 0 Å². The van der Waals surface area contributed by atoms with Gasteiger partial charge in [-0.25, -0.2) is 0 Å². The molecule has 0 aromatic heterocycles. The van der Waals surface area contributed by atoms with E-state index in [-0.39, 0.29) is 0 Å². The fourth-order valence-electron chi connectivity index (χ4n) is 5.66. The summed E-state index contributed by atoms with van der Waals surface area (Å²) in [5, 5.41) is 0. The Labute approximate surface area is 156 Å². The van der Waals surface area contributed by atoms with Crippen molar-refractivity contribution in [1.82, 2.24) is 0 Å². The molecule has 0 amide bonds. The lowest BCUT2D eigenvalue weighted by molar-refractivity contribution is -0.480. The van der Waals surface area contributed by atoms with Crippen molar-refractivity contribution in [1.29, 1.82) is 0 Å². The highest BCUT2D eigenvalue weighted by atomic mass is 15.1. The molecule has 1 nitrogen and oxygen atoms in total. The van der Waals surface area contributed by atoms with E-state index >= 15 is 0 Å². The zero-order valence-corrected chi connectivity index (χ0v) is 17.6. The van der Waals surface area contributed by atoms with Crippen LogP contribution in [0.15, 0.2) is 36.1 Å². The minimum Gasteiger partial charge on any atom is -0.196 e. The third-order valence-electron chi connectivity index (χ3n) is 6.90. The minimum absolute atomic E-state index is 0.669. The zero-order valence-electron chi connectivity index (χ0n) is 17.6. The van der Waals surface area contributed by atoms with Gasteiger partial charge in [-0.15, -0.1) is 0 Å². The predicted octanol–water partition coefficient (Wildman–Crippen LogP) is 6.61. The lowest BCUT2D eigenvalue weighted by atomic mass is 9.64. The molecule has 1 heteroatoms. The Balaban J connectivity index is 2.20. The van der Waals surface area contributed by atoms with Crippen molar-refractivity contribution in [3.63, 3.8) is 0 Å². The van der Waals surface area contributed by atoms with Crippen LogP contribution >= 0.6 is 0 Å². The summed E-state index contributed by atoms with van der Waals surface area (Å²) in [6.07, 6.45) is 8.76. The van der Waals surface area contributed by atoms with E-state index in [1.165, 1.54) is 49.1 Å². The maximum Gasteiger partial charge on any atom is 0.188 e. The molecule has 1 saturated carbocycles. The Morgan fingerprint density at radius 1 is 1.28 bits per heavy atom. The van der Waals surface area contributed by atoms with Crippen molar-refractivity contribution in [3.8, 4) is 0 Å². The average molecular weight is 343 g/mol. The summed E-state index contributed by atoms with van der Waals surface area (Å²) < 4.78 is 2.42. The van der Waals surface area contributed by atoms with Crippen molar-refractivity contribution in [3.05, 3.63) is 36.1 Å². The monoisotopic (exact) mass is 342 g/mol. The van der Waals surface area contributed by atoms with Crippen LogP contribution in [0.1, 0.15) is 73.6 Å². The molecule has 0 radical (unpaired) electrons. The smallest absolute Gasteiger partial charge is 0.188 e. The molecule has 0 aromatic rings. The van der Waals surface area contributed by atoms with Gasteiger partial charge in [0.2, 0.25) is 0 Å². The third-order valence-corrected chi connectivity index (χ3v) is 6.90. The molecule has 25 heavy (non-hydrogen) atoms. The second-order valence-corrected chi connectivity index (χ2v) is 8.84. The van der Waals surface area contributed by atoms with Crippen molar-refractivity contribution < 1.29 is 4.58 Å². The van der Waals surface area contributed by atoms with Crippen LogP contribution < -0.4 is 0 Å². The van der Waals surface area contributed by atoms with Gasteiger partial charge in [-0.05, 0) is 68.3 Å². The number of rotatable bonds is 8. The van der Waals surface area contributed by atoms with Gasteiger partial charge in [0, 0.05) is 13.8 Å². The molecular formula is C24H40N+. The molecule has 1 aliphatic heterocycles. The summed E-state index contributed by atoms with van der Waals surface area (Å²) in [5.74, 6) is 3.90. The van der Waals surface area contributed by atoms with E-state index in [0.29, 0.717) is 5.92 Å². The molecule has 1 aliphatic carbocycles. The molecule has 0 spiro atoms. The molecule has 2 aliphatic rings. The number of allylic oxidation sites excluding steroid dienone is 3. The maximum atomic E-state index is 4.29. The normalized spacial score (nSPS) is 29.3. The molecule has 0 saturated heterocycles. The average Bonchev–Trinajstić information content (AvgIpc) is 2.56. The topological polar surface area (TPSA) is 3.01 Å². The van der Waals surface area contributed by atoms with Crippen LogP contribution in [0.4, 0.5) is 0 Å². The highest BCUT2D eigenvalue weighted by molar-refractivity contribution is 5.98. The van der Waals surface area contributed by atoms with E-state index in [2.05, 4.69) is 59.3 Å². The zero-order chi connectivity index (χ0) is 18.7. The molecule has 140 valence electrons. The van der Waals surface area contributed by atoms with E-state index in [1.807, 2.05) is 6.08 Å². The van der Waals surface area contributed by atoms with Crippen LogP contribution in [0.25, 0.3) is 0 Å². The number of hydrogen-bond acceptors (Lipinski definition) is 0. The van der Waals surface area contributed by atoms with Crippen LogP contribution in [0.2, 0.25) is 0 Å². The molecule has 1 unspecified atom stereocenters. The summed E-state index contributed by atoms with van der Waals surface area (Å²) >= 11 is 0. The van der Waals surface area contributed by atoms with Gasteiger partial charge in [0.1, 0.15) is 0 Å². The molecule has 5 atom stereocenters. The van der Waals surface area contributed by atoms with Crippen LogP contribution in [0, 0.1) is 29.6 Å². The molecule has 2 rings (SSSR count). The Bertz CT molecular complexity index is 577. The maximum absolute atomic E-state index is 4.29. The highest BCUT2D eigenvalue weighted by Gasteiger charge is 2.41. The van der Waals surface area contributed by atoms with Crippen molar-refractivity contribution in [2.75, 3.05) is 6.54 Å². The van der Waals surface area contributed by atoms with Gasteiger partial charge in [0.15, 0.2) is 18.0 Å². The van der Waals surface area contributed by atoms with E-state index < -0.39 is 0 Å². The van der Waals surface area contributed by atoms with Crippen LogP contribution in [-0.4, -0.2) is 16.8 Å². The molecule has 0 N–H and O–H groups in total. The molecular weight excluding hydrogens is 302 g/mol. The van der Waals surface area contributed by atoms with E-state index in [0.717, 1.165) is 30.2 Å². The number of nitrogens with zero attached hydrogens (tertiary/aromatic N) is 1. The Hall–Kier alpha value is -1.11. The van der Waals surface area contributed by atoms with Crippen LogP contribution in [0.3, 0.4) is 0 Å². The van der Waals surface area contributed by atoms with E-state index in [4.69, 9.17) is 0 Å². The Morgan fingerprint density at radius 2 is 1.96 bits per heavy atom. The summed E-state index contributed by atoms with van der Waals surface area (Å²) in [6, 6.07) is 0. The summed E-state index contributed by atoms with van der Waals surface area (Å²) in [5.41, 5.74) is 5.99. The lowest BCUT2D eigenvalue weighted by Gasteiger charge is -2.41. The first kappa shape index (κ1) is 20.2. The van der Waals surface area contributed by atoms with Crippen molar-refractivity contribution in [2.45, 2.75) is 73.6 Å². The summed E-state index contributed by atoms with van der Waals surface area (Å²) in [4.78, 5) is 0. The Kier molecular flexibility index (Phi) is 6.88. The van der Waals surface area contributed by atoms with Crippen molar-refractivity contribution >= 4 is 5.71 Å². The van der Waals surface area contributed by atoms with Crippen molar-refractivity contribution in [2.24, 2.45) is 29.6 Å². The third kappa shape index (κ3) is 4.18. The van der Waals surface area contributed by atoms with Gasteiger partial charge in [-0.3, -0.25) is 0 Å². The Morgan fingerprint density at radius 3 is 2.48 bits per heavy atom. The predicted molar refractivity (Wildman–Crippen MR) is 111 cm³/mol. The molecule has 1 fully saturated rings. The van der Waals surface area contributed by atoms with E-state index in [9.17, 15) is 0 Å². The van der Waals surface area contributed by atoms with Gasteiger partial charge in [-0.2, -0.15) is 4.58 Å². The first-order chi connectivity index (χ1) is 11.8.